The second kappa shape index (κ2) is 6.40. The summed E-state index contributed by atoms with van der Waals surface area (Å²) >= 11 is 5.67. The van der Waals surface area contributed by atoms with Gasteiger partial charge in [0.2, 0.25) is 0 Å². The molecule has 6 N–H and O–H groups in total. The third kappa shape index (κ3) is 4.66. The van der Waals surface area contributed by atoms with E-state index in [-0.39, 0.29) is 17.5 Å². The molecule has 0 bridgehead atoms. The van der Waals surface area contributed by atoms with Crippen molar-refractivity contribution in [1.82, 2.24) is 15.7 Å². The van der Waals surface area contributed by atoms with Crippen LogP contribution in [0, 0.1) is 0 Å². The zero-order valence-electron chi connectivity index (χ0n) is 9.18. The quantitative estimate of drug-likeness (QED) is 0.245. The number of hydrazone groups is 1. The summed E-state index contributed by atoms with van der Waals surface area (Å²) in [4.78, 5) is 25.3. The minimum Gasteiger partial charge on any atom is -0.382 e. The van der Waals surface area contributed by atoms with E-state index in [1.807, 2.05) is 0 Å². The summed E-state index contributed by atoms with van der Waals surface area (Å²) in [6.07, 6.45) is 1.45. The molecule has 0 aliphatic heterocycles. The Labute approximate surface area is 107 Å². The predicted octanol–water partition coefficient (Wildman–Crippen LogP) is -0.860. The number of primary amides is 1. The van der Waals surface area contributed by atoms with Gasteiger partial charge in [-0.2, -0.15) is 5.10 Å². The molecule has 8 nitrogen and oxygen atoms in total. The number of hydrogen-bond acceptors (Lipinski definition) is 4. The Morgan fingerprint density at radius 1 is 1.44 bits per heavy atom. The molecule has 1 aromatic rings. The molecule has 3 amide bonds. The van der Waals surface area contributed by atoms with E-state index in [0.29, 0.717) is 5.56 Å². The van der Waals surface area contributed by atoms with Gasteiger partial charge in [0.1, 0.15) is 11.7 Å². The molecule has 1 heterocycles. The van der Waals surface area contributed by atoms with E-state index in [4.69, 9.17) is 23.1 Å². The van der Waals surface area contributed by atoms with Crippen LogP contribution in [0.25, 0.3) is 0 Å². The maximum atomic E-state index is 11.2. The summed E-state index contributed by atoms with van der Waals surface area (Å²) in [5, 5.41) is 5.99. The van der Waals surface area contributed by atoms with Crippen molar-refractivity contribution in [2.24, 2.45) is 16.6 Å². The molecule has 9 heteroatoms. The van der Waals surface area contributed by atoms with Crippen LogP contribution < -0.4 is 22.2 Å². The van der Waals surface area contributed by atoms with Gasteiger partial charge in [-0.3, -0.25) is 4.79 Å². The Bertz CT molecular complexity index is 490. The number of amidine groups is 1. The van der Waals surface area contributed by atoms with Gasteiger partial charge in [-0.25, -0.2) is 15.2 Å². The summed E-state index contributed by atoms with van der Waals surface area (Å²) < 4.78 is 0. The Balaban J connectivity index is 2.56. The van der Waals surface area contributed by atoms with Crippen molar-refractivity contribution in [2.45, 2.75) is 0 Å². The third-order valence-corrected chi connectivity index (χ3v) is 1.95. The molecule has 0 spiro atoms. The van der Waals surface area contributed by atoms with Crippen LogP contribution in [-0.2, 0) is 4.79 Å². The van der Waals surface area contributed by atoms with Crippen molar-refractivity contribution in [3.8, 4) is 0 Å². The molecule has 18 heavy (non-hydrogen) atoms. The minimum atomic E-state index is -0.803. The van der Waals surface area contributed by atoms with Gasteiger partial charge in [0.05, 0.1) is 0 Å². The van der Waals surface area contributed by atoms with Gasteiger partial charge in [0, 0.05) is 11.8 Å². The summed E-state index contributed by atoms with van der Waals surface area (Å²) in [5.74, 6) is -0.497. The van der Waals surface area contributed by atoms with Crippen molar-refractivity contribution in [3.05, 3.63) is 29.0 Å². The molecule has 0 fully saturated rings. The minimum absolute atomic E-state index is 0.0618. The van der Waals surface area contributed by atoms with Crippen molar-refractivity contribution in [2.75, 3.05) is 6.54 Å². The molecule has 0 aliphatic rings. The molecule has 0 aliphatic carbocycles. The van der Waals surface area contributed by atoms with Crippen LogP contribution in [0.15, 0.2) is 23.4 Å². The fourth-order valence-electron chi connectivity index (χ4n) is 0.956. The number of urea groups is 1. The van der Waals surface area contributed by atoms with E-state index in [2.05, 4.69) is 20.8 Å². The monoisotopic (exact) mass is 270 g/mol. The van der Waals surface area contributed by atoms with Crippen LogP contribution in [0.3, 0.4) is 0 Å². The largest absolute Gasteiger partial charge is 0.382 e. The first-order valence-electron chi connectivity index (χ1n) is 4.76. The molecule has 1 aromatic heterocycles. The number of amides is 3. The van der Waals surface area contributed by atoms with Gasteiger partial charge >= 0.3 is 6.03 Å². The van der Waals surface area contributed by atoms with E-state index in [9.17, 15) is 9.59 Å². The molecule has 0 unspecified atom stereocenters. The first kappa shape index (κ1) is 13.7. The Hall–Kier alpha value is -2.35. The number of nitrogens with zero attached hydrogens (tertiary/aromatic N) is 2. The van der Waals surface area contributed by atoms with Crippen molar-refractivity contribution >= 4 is 29.4 Å². The van der Waals surface area contributed by atoms with Crippen LogP contribution in [0.1, 0.15) is 5.56 Å². The summed E-state index contributed by atoms with van der Waals surface area (Å²) in [6.45, 7) is -0.288. The molecular weight excluding hydrogens is 260 g/mol. The number of carbonyl (C=O) groups excluding carboxylic acids is 2. The summed E-state index contributed by atoms with van der Waals surface area (Å²) in [7, 11) is 0. The number of aromatic nitrogens is 1. The lowest BCUT2D eigenvalue weighted by atomic mass is 10.2. The molecule has 0 atom stereocenters. The molecule has 0 radical (unpaired) electrons. The van der Waals surface area contributed by atoms with Gasteiger partial charge in [0.15, 0.2) is 5.84 Å². The average molecular weight is 271 g/mol. The first-order valence-corrected chi connectivity index (χ1v) is 5.14. The fourth-order valence-corrected chi connectivity index (χ4v) is 1.13. The van der Waals surface area contributed by atoms with E-state index in [1.54, 1.807) is 6.07 Å². The Kier molecular flexibility index (Phi) is 4.88. The number of hydrogen-bond donors (Lipinski definition) is 4. The third-order valence-electron chi connectivity index (χ3n) is 1.75. The Morgan fingerprint density at radius 3 is 2.78 bits per heavy atom. The van der Waals surface area contributed by atoms with E-state index >= 15 is 0 Å². The maximum absolute atomic E-state index is 11.2. The number of pyridine rings is 1. The summed E-state index contributed by atoms with van der Waals surface area (Å²) in [5.41, 5.74) is 13.1. The smallest absolute Gasteiger partial charge is 0.312 e. The van der Waals surface area contributed by atoms with Gasteiger partial charge in [0.25, 0.3) is 5.91 Å². The average Bonchev–Trinajstić information content (AvgIpc) is 2.33. The van der Waals surface area contributed by atoms with E-state index < -0.39 is 11.9 Å². The van der Waals surface area contributed by atoms with Crippen molar-refractivity contribution in [1.29, 1.82) is 0 Å². The number of halogens is 1. The Morgan fingerprint density at radius 2 is 2.17 bits per heavy atom. The van der Waals surface area contributed by atoms with E-state index in [0.717, 1.165) is 0 Å². The van der Waals surface area contributed by atoms with Gasteiger partial charge in [-0.05, 0) is 12.1 Å². The normalized spacial score (nSPS) is 10.8. The second-order valence-electron chi connectivity index (χ2n) is 3.12. The highest BCUT2D eigenvalue weighted by atomic mass is 35.5. The first-order chi connectivity index (χ1) is 8.49. The summed E-state index contributed by atoms with van der Waals surface area (Å²) in [6, 6.07) is 2.27. The molecule has 1 rings (SSSR count). The molecule has 0 aromatic carbocycles. The fraction of sp³-hybridized carbons (Fsp3) is 0.111. The van der Waals surface area contributed by atoms with Crippen molar-refractivity contribution < 1.29 is 9.59 Å². The number of nitrogens with two attached hydrogens (primary N) is 2. The number of rotatable bonds is 4. The highest BCUT2D eigenvalue weighted by molar-refractivity contribution is 6.29. The SMILES string of the molecule is NC(=O)NCC(=O)NN=C(N)c1ccnc(Cl)c1. The predicted molar refractivity (Wildman–Crippen MR) is 65.7 cm³/mol. The molecule has 0 saturated carbocycles. The topological polar surface area (TPSA) is 135 Å². The van der Waals surface area contributed by atoms with Gasteiger partial charge in [-0.1, -0.05) is 11.6 Å². The molecule has 96 valence electrons. The zero-order chi connectivity index (χ0) is 13.5. The van der Waals surface area contributed by atoms with Crippen LogP contribution in [0.4, 0.5) is 4.79 Å². The molecule has 0 saturated heterocycles. The molecular formula is C9H11ClN6O2. The van der Waals surface area contributed by atoms with Crippen LogP contribution >= 0.6 is 11.6 Å². The van der Waals surface area contributed by atoms with Crippen LogP contribution in [0.5, 0.6) is 0 Å². The maximum Gasteiger partial charge on any atom is 0.312 e. The van der Waals surface area contributed by atoms with Gasteiger partial charge < -0.3 is 16.8 Å². The highest BCUT2D eigenvalue weighted by Crippen LogP contribution is 2.06. The van der Waals surface area contributed by atoms with Crippen molar-refractivity contribution in [3.63, 3.8) is 0 Å². The lowest BCUT2D eigenvalue weighted by molar-refractivity contribution is -0.120. The standard InChI is InChI=1S/C9H11ClN6O2/c10-6-3-5(1-2-13-6)8(11)16-15-7(17)4-14-9(12)18/h1-3H,4H2,(H2,11,16)(H,15,17)(H3,12,14,18). The number of carbonyl (C=O) groups is 2. The van der Waals surface area contributed by atoms with E-state index in [1.165, 1.54) is 12.3 Å². The zero-order valence-corrected chi connectivity index (χ0v) is 9.94. The van der Waals surface area contributed by atoms with Gasteiger partial charge in [-0.15, -0.1) is 0 Å². The highest BCUT2D eigenvalue weighted by Gasteiger charge is 2.03. The lowest BCUT2D eigenvalue weighted by Gasteiger charge is -2.03. The van der Waals surface area contributed by atoms with Crippen LogP contribution in [0.2, 0.25) is 5.15 Å². The van der Waals surface area contributed by atoms with Crippen LogP contribution in [-0.4, -0.2) is 29.3 Å². The number of nitrogens with one attached hydrogen (secondary N) is 2. The second-order valence-corrected chi connectivity index (χ2v) is 3.50. The lowest BCUT2D eigenvalue weighted by Crippen LogP contribution is -2.38.